The zero-order valence-corrected chi connectivity index (χ0v) is 6.66. The Morgan fingerprint density at radius 2 is 2.17 bits per heavy atom. The minimum Gasteiger partial charge on any atom is -0.396 e. The summed E-state index contributed by atoms with van der Waals surface area (Å²) in [5.74, 6) is -0.101. The van der Waals surface area contributed by atoms with E-state index in [2.05, 4.69) is 0 Å². The number of aliphatic hydroxyl groups excluding tert-OH is 1. The van der Waals surface area contributed by atoms with Crippen LogP contribution in [0.1, 0.15) is 15.9 Å². The van der Waals surface area contributed by atoms with Gasteiger partial charge in [0.1, 0.15) is 0 Å². The standard InChI is InChI=1S/C10H10O2/c11-6-8-5-7-3-1-2-4-9(7)10(8)12/h1-4,8,11H,5-6H2. The Morgan fingerprint density at radius 1 is 1.42 bits per heavy atom. The molecule has 1 aromatic rings. The van der Waals surface area contributed by atoms with E-state index in [1.54, 1.807) is 0 Å². The lowest BCUT2D eigenvalue weighted by atomic mass is 10.1. The van der Waals surface area contributed by atoms with Crippen molar-refractivity contribution in [2.45, 2.75) is 6.42 Å². The largest absolute Gasteiger partial charge is 0.396 e. The number of Topliss-reactive ketones (excluding diaryl/α,β-unsaturated/α-hetero) is 1. The van der Waals surface area contributed by atoms with Gasteiger partial charge in [-0.3, -0.25) is 4.79 Å². The first kappa shape index (κ1) is 7.50. The van der Waals surface area contributed by atoms with Crippen LogP contribution in [0, 0.1) is 5.92 Å². The molecule has 1 unspecified atom stereocenters. The van der Waals surface area contributed by atoms with Gasteiger partial charge < -0.3 is 5.11 Å². The summed E-state index contributed by atoms with van der Waals surface area (Å²) >= 11 is 0. The van der Waals surface area contributed by atoms with Gasteiger partial charge in [-0.05, 0) is 12.0 Å². The van der Waals surface area contributed by atoms with Gasteiger partial charge in [0.15, 0.2) is 5.78 Å². The highest BCUT2D eigenvalue weighted by atomic mass is 16.3. The second-order valence-corrected chi connectivity index (χ2v) is 3.11. The summed E-state index contributed by atoms with van der Waals surface area (Å²) in [6.07, 6.45) is 0.700. The van der Waals surface area contributed by atoms with Crippen LogP contribution in [0.2, 0.25) is 0 Å². The van der Waals surface area contributed by atoms with Gasteiger partial charge in [-0.2, -0.15) is 0 Å². The number of ketones is 1. The van der Waals surface area contributed by atoms with E-state index in [0.29, 0.717) is 6.42 Å². The number of hydrogen-bond acceptors (Lipinski definition) is 2. The first-order chi connectivity index (χ1) is 5.83. The highest BCUT2D eigenvalue weighted by Gasteiger charge is 2.28. The molecule has 1 aliphatic rings. The van der Waals surface area contributed by atoms with Gasteiger partial charge in [0.2, 0.25) is 0 Å². The van der Waals surface area contributed by atoms with Gasteiger partial charge >= 0.3 is 0 Å². The first-order valence-electron chi connectivity index (χ1n) is 4.06. The van der Waals surface area contributed by atoms with Gasteiger partial charge in [-0.1, -0.05) is 24.3 Å². The SMILES string of the molecule is O=C1c2ccccc2CC1CO. The number of carbonyl (C=O) groups excluding carboxylic acids is 1. The third kappa shape index (κ3) is 0.959. The van der Waals surface area contributed by atoms with Crippen molar-refractivity contribution in [2.24, 2.45) is 5.92 Å². The molecule has 1 atom stereocenters. The molecule has 0 heterocycles. The molecular weight excluding hydrogens is 152 g/mol. The summed E-state index contributed by atoms with van der Waals surface area (Å²) in [6, 6.07) is 7.55. The molecule has 0 bridgehead atoms. The number of benzene rings is 1. The van der Waals surface area contributed by atoms with Gasteiger partial charge in [-0.25, -0.2) is 0 Å². The first-order valence-corrected chi connectivity index (χ1v) is 4.06. The number of rotatable bonds is 1. The summed E-state index contributed by atoms with van der Waals surface area (Å²) in [5, 5.41) is 8.89. The maximum absolute atomic E-state index is 11.5. The molecule has 0 aromatic heterocycles. The Hall–Kier alpha value is -1.15. The minimum atomic E-state index is -0.192. The molecule has 12 heavy (non-hydrogen) atoms. The molecule has 0 fully saturated rings. The van der Waals surface area contributed by atoms with Crippen LogP contribution in [-0.2, 0) is 6.42 Å². The number of hydrogen-bond donors (Lipinski definition) is 1. The van der Waals surface area contributed by atoms with Gasteiger partial charge in [0.25, 0.3) is 0 Å². The molecule has 0 amide bonds. The molecule has 1 N–H and O–H groups in total. The molecule has 2 nitrogen and oxygen atoms in total. The Bertz CT molecular complexity index is 317. The molecule has 0 saturated carbocycles. The van der Waals surface area contributed by atoms with Crippen LogP contribution in [0.25, 0.3) is 0 Å². The maximum Gasteiger partial charge on any atom is 0.168 e. The molecule has 0 aliphatic heterocycles. The highest BCUT2D eigenvalue weighted by molar-refractivity contribution is 6.02. The van der Waals surface area contributed by atoms with E-state index in [-0.39, 0.29) is 18.3 Å². The third-order valence-corrected chi connectivity index (χ3v) is 2.34. The molecular formula is C10H10O2. The van der Waals surface area contributed by atoms with E-state index in [1.165, 1.54) is 0 Å². The third-order valence-electron chi connectivity index (χ3n) is 2.34. The van der Waals surface area contributed by atoms with Crippen molar-refractivity contribution in [1.29, 1.82) is 0 Å². The fourth-order valence-corrected chi connectivity index (χ4v) is 1.66. The second-order valence-electron chi connectivity index (χ2n) is 3.11. The quantitative estimate of drug-likeness (QED) is 0.669. The van der Waals surface area contributed by atoms with Crippen molar-refractivity contribution in [2.75, 3.05) is 6.61 Å². The van der Waals surface area contributed by atoms with Crippen LogP contribution in [0.15, 0.2) is 24.3 Å². The lowest BCUT2D eigenvalue weighted by molar-refractivity contribution is 0.0883. The topological polar surface area (TPSA) is 37.3 Å². The zero-order chi connectivity index (χ0) is 8.55. The van der Waals surface area contributed by atoms with Crippen LogP contribution in [-0.4, -0.2) is 17.5 Å². The van der Waals surface area contributed by atoms with Crippen LogP contribution in [0.5, 0.6) is 0 Å². The Labute approximate surface area is 70.8 Å². The fraction of sp³-hybridized carbons (Fsp3) is 0.300. The highest BCUT2D eigenvalue weighted by Crippen LogP contribution is 2.25. The van der Waals surface area contributed by atoms with E-state index < -0.39 is 0 Å². The molecule has 62 valence electrons. The molecule has 2 heteroatoms. The van der Waals surface area contributed by atoms with Gasteiger partial charge in [0.05, 0.1) is 6.61 Å². The maximum atomic E-state index is 11.5. The summed E-state index contributed by atoms with van der Waals surface area (Å²) < 4.78 is 0. The summed E-state index contributed by atoms with van der Waals surface area (Å²) in [7, 11) is 0. The van der Waals surface area contributed by atoms with Gasteiger partial charge in [0, 0.05) is 11.5 Å². The van der Waals surface area contributed by atoms with Crippen molar-refractivity contribution in [1.82, 2.24) is 0 Å². The lowest BCUT2D eigenvalue weighted by Crippen LogP contribution is -2.12. The number of carbonyl (C=O) groups is 1. The van der Waals surface area contributed by atoms with E-state index in [0.717, 1.165) is 11.1 Å². The second kappa shape index (κ2) is 2.72. The van der Waals surface area contributed by atoms with Crippen molar-refractivity contribution >= 4 is 5.78 Å². The van der Waals surface area contributed by atoms with Crippen molar-refractivity contribution in [3.05, 3.63) is 35.4 Å². The minimum absolute atomic E-state index is 0.0342. The van der Waals surface area contributed by atoms with E-state index >= 15 is 0 Å². The average Bonchev–Trinajstić information content (AvgIpc) is 2.44. The molecule has 0 spiro atoms. The smallest absolute Gasteiger partial charge is 0.168 e. The Kier molecular flexibility index (Phi) is 1.70. The number of fused-ring (bicyclic) bond motifs is 1. The summed E-state index contributed by atoms with van der Waals surface area (Å²) in [5.41, 5.74) is 1.86. The van der Waals surface area contributed by atoms with Crippen LogP contribution in [0.4, 0.5) is 0 Å². The van der Waals surface area contributed by atoms with Crippen molar-refractivity contribution < 1.29 is 9.90 Å². The molecule has 2 rings (SSSR count). The normalized spacial score (nSPS) is 21.1. The average molecular weight is 162 g/mol. The van der Waals surface area contributed by atoms with Crippen molar-refractivity contribution in [3.63, 3.8) is 0 Å². The lowest BCUT2D eigenvalue weighted by Gasteiger charge is -1.99. The van der Waals surface area contributed by atoms with Crippen LogP contribution < -0.4 is 0 Å². The predicted molar refractivity (Wildman–Crippen MR) is 45.1 cm³/mol. The Morgan fingerprint density at radius 3 is 2.83 bits per heavy atom. The summed E-state index contributed by atoms with van der Waals surface area (Å²) in [4.78, 5) is 11.5. The molecule has 1 aromatic carbocycles. The van der Waals surface area contributed by atoms with E-state index in [9.17, 15) is 4.79 Å². The van der Waals surface area contributed by atoms with Gasteiger partial charge in [-0.15, -0.1) is 0 Å². The summed E-state index contributed by atoms with van der Waals surface area (Å²) in [6.45, 7) is -0.0342. The molecule has 0 radical (unpaired) electrons. The fourth-order valence-electron chi connectivity index (χ4n) is 1.66. The molecule has 1 aliphatic carbocycles. The van der Waals surface area contributed by atoms with Crippen LogP contribution >= 0.6 is 0 Å². The van der Waals surface area contributed by atoms with Crippen LogP contribution in [0.3, 0.4) is 0 Å². The van der Waals surface area contributed by atoms with E-state index in [1.807, 2.05) is 24.3 Å². The zero-order valence-electron chi connectivity index (χ0n) is 6.66. The van der Waals surface area contributed by atoms with Crippen molar-refractivity contribution in [3.8, 4) is 0 Å². The monoisotopic (exact) mass is 162 g/mol. The number of aliphatic hydroxyl groups is 1. The molecule has 0 saturated heterocycles. The predicted octanol–water partition coefficient (Wildman–Crippen LogP) is 1.03. The Balaban J connectivity index is 2.42. The van der Waals surface area contributed by atoms with E-state index in [4.69, 9.17) is 5.11 Å².